The van der Waals surface area contributed by atoms with Gasteiger partial charge < -0.3 is 9.88 Å². The van der Waals surface area contributed by atoms with Gasteiger partial charge in [0.1, 0.15) is 5.82 Å². The molecule has 2 aliphatic rings. The smallest absolute Gasteiger partial charge is 0.256 e. The lowest BCUT2D eigenvalue weighted by atomic mass is 9.71. The number of carbonyl (C=O) groups excluding carboxylic acids is 1. The number of aromatic nitrogens is 3. The molecule has 1 radical (unpaired) electrons. The number of para-hydroxylation sites is 1. The minimum absolute atomic E-state index is 0.126. The van der Waals surface area contributed by atoms with Crippen LogP contribution in [0.15, 0.2) is 42.7 Å². The average molecular weight is 417 g/mol. The Bertz CT molecular complexity index is 1040. The van der Waals surface area contributed by atoms with E-state index in [1.807, 2.05) is 54.9 Å². The molecule has 2 aliphatic heterocycles. The molecule has 1 amide bonds. The number of nitrogens with zero attached hydrogens (tertiary/aromatic N) is 4. The highest BCUT2D eigenvalue weighted by Gasteiger charge is 2.38. The van der Waals surface area contributed by atoms with Crippen molar-refractivity contribution >= 4 is 16.9 Å². The second kappa shape index (κ2) is 8.42. The first-order valence-corrected chi connectivity index (χ1v) is 11.3. The molecule has 6 heteroatoms. The van der Waals surface area contributed by atoms with Crippen molar-refractivity contribution in [2.75, 3.05) is 26.2 Å². The van der Waals surface area contributed by atoms with E-state index in [0.29, 0.717) is 5.41 Å². The van der Waals surface area contributed by atoms with Crippen molar-refractivity contribution in [2.45, 2.75) is 39.2 Å². The third-order valence-electron chi connectivity index (χ3n) is 7.20. The van der Waals surface area contributed by atoms with Crippen LogP contribution in [0.3, 0.4) is 0 Å². The Hall–Kier alpha value is -2.73. The molecule has 2 aromatic heterocycles. The average Bonchev–Trinajstić information content (AvgIpc) is 3.25. The first-order valence-electron chi connectivity index (χ1n) is 11.3. The summed E-state index contributed by atoms with van der Waals surface area (Å²) in [5, 5.41) is 0. The molecule has 2 saturated heterocycles. The van der Waals surface area contributed by atoms with Gasteiger partial charge in [0.2, 0.25) is 0 Å². The molecule has 2 fully saturated rings. The van der Waals surface area contributed by atoms with Crippen LogP contribution in [0, 0.1) is 11.8 Å². The molecule has 3 aromatic rings. The molecule has 1 aromatic carbocycles. The molecule has 4 heterocycles. The van der Waals surface area contributed by atoms with E-state index in [4.69, 9.17) is 0 Å². The Morgan fingerprint density at radius 3 is 2.58 bits per heavy atom. The second-order valence-corrected chi connectivity index (χ2v) is 9.04. The van der Waals surface area contributed by atoms with Gasteiger partial charge >= 0.3 is 0 Å². The van der Waals surface area contributed by atoms with E-state index < -0.39 is 0 Å². The largest absolute Gasteiger partial charge is 0.341 e. The van der Waals surface area contributed by atoms with Crippen molar-refractivity contribution in [3.63, 3.8) is 0 Å². The van der Waals surface area contributed by atoms with E-state index in [1.54, 1.807) is 0 Å². The van der Waals surface area contributed by atoms with Crippen molar-refractivity contribution in [2.24, 2.45) is 5.41 Å². The van der Waals surface area contributed by atoms with Crippen LogP contribution in [-0.4, -0.2) is 56.8 Å². The van der Waals surface area contributed by atoms with Gasteiger partial charge in [-0.15, -0.1) is 0 Å². The van der Waals surface area contributed by atoms with Gasteiger partial charge in [0.05, 0.1) is 16.6 Å². The standard InChI is InChI=1S/C25H30N5O/c1-2-22-27-21-7-3-6-20(23(21)28-22)24(31)30-15-10-25(11-16-30)8-13-29(14-9-25)18-19-5-4-12-26-17-19/h2-7,12,17H,8-11,13-16,18H2,1H3,(H,27,28). The fourth-order valence-corrected chi connectivity index (χ4v) is 5.16. The number of carbonyl (C=O) groups is 1. The highest BCUT2D eigenvalue weighted by Crippen LogP contribution is 2.41. The van der Waals surface area contributed by atoms with E-state index in [9.17, 15) is 4.79 Å². The summed E-state index contributed by atoms with van der Waals surface area (Å²) in [5.41, 5.74) is 4.13. The van der Waals surface area contributed by atoms with E-state index in [2.05, 4.69) is 25.9 Å². The third-order valence-corrected chi connectivity index (χ3v) is 7.20. The van der Waals surface area contributed by atoms with Crippen molar-refractivity contribution in [1.29, 1.82) is 0 Å². The predicted octanol–water partition coefficient (Wildman–Crippen LogP) is 4.05. The summed E-state index contributed by atoms with van der Waals surface area (Å²) in [6.07, 6.45) is 10.4. The zero-order valence-corrected chi connectivity index (χ0v) is 18.2. The van der Waals surface area contributed by atoms with E-state index in [1.165, 1.54) is 18.4 Å². The van der Waals surface area contributed by atoms with Crippen LogP contribution in [0.25, 0.3) is 11.0 Å². The van der Waals surface area contributed by atoms with Gasteiger partial charge in [0, 0.05) is 38.4 Å². The normalized spacial score (nSPS) is 19.2. The number of benzene rings is 1. The van der Waals surface area contributed by atoms with Gasteiger partial charge in [-0.25, -0.2) is 4.98 Å². The quantitative estimate of drug-likeness (QED) is 0.697. The molecule has 0 bridgehead atoms. The first-order chi connectivity index (χ1) is 15.2. The Kier molecular flexibility index (Phi) is 5.48. The maximum Gasteiger partial charge on any atom is 0.256 e. The maximum absolute atomic E-state index is 13.3. The lowest BCUT2D eigenvalue weighted by Crippen LogP contribution is -2.48. The molecule has 5 rings (SSSR count). The summed E-state index contributed by atoms with van der Waals surface area (Å²) in [6, 6.07) is 9.98. The molecule has 161 valence electrons. The number of H-pyrrole nitrogens is 1. The molecule has 31 heavy (non-hydrogen) atoms. The SMILES string of the molecule is C[CH]c1nc2cccc(C(=O)N3CCC4(CCN(Cc5cccnc5)CC4)CC3)c2[nH]1. The number of fused-ring (bicyclic) bond motifs is 1. The fourth-order valence-electron chi connectivity index (χ4n) is 5.16. The predicted molar refractivity (Wildman–Crippen MR) is 121 cm³/mol. The van der Waals surface area contributed by atoms with Gasteiger partial charge in [-0.3, -0.25) is 14.7 Å². The summed E-state index contributed by atoms with van der Waals surface area (Å²) in [5.74, 6) is 0.937. The number of likely N-dealkylation sites (tertiary alicyclic amines) is 2. The monoisotopic (exact) mass is 416 g/mol. The fraction of sp³-hybridized carbons (Fsp3) is 0.440. The Labute approximate surface area is 183 Å². The number of rotatable bonds is 4. The number of hydrogen-bond donors (Lipinski definition) is 1. The van der Waals surface area contributed by atoms with Crippen LogP contribution in [0.5, 0.6) is 0 Å². The van der Waals surface area contributed by atoms with Crippen LogP contribution in [0.2, 0.25) is 0 Å². The number of amides is 1. The number of pyridine rings is 1. The molecule has 0 unspecified atom stereocenters. The molecular weight excluding hydrogens is 386 g/mol. The van der Waals surface area contributed by atoms with Gasteiger partial charge in [-0.1, -0.05) is 19.1 Å². The summed E-state index contributed by atoms with van der Waals surface area (Å²) in [7, 11) is 0. The summed E-state index contributed by atoms with van der Waals surface area (Å²) in [6.45, 7) is 6.89. The summed E-state index contributed by atoms with van der Waals surface area (Å²) in [4.78, 5) is 29.9. The zero-order valence-electron chi connectivity index (χ0n) is 18.2. The van der Waals surface area contributed by atoms with Crippen molar-refractivity contribution < 1.29 is 4.79 Å². The molecule has 0 atom stereocenters. The number of nitrogens with one attached hydrogen (secondary N) is 1. The molecule has 0 aliphatic carbocycles. The van der Waals surface area contributed by atoms with Gasteiger partial charge in [0.15, 0.2) is 0 Å². The maximum atomic E-state index is 13.3. The minimum atomic E-state index is 0.126. The first kappa shape index (κ1) is 20.2. The highest BCUT2D eigenvalue weighted by atomic mass is 16.2. The van der Waals surface area contributed by atoms with Crippen LogP contribution >= 0.6 is 0 Å². The lowest BCUT2D eigenvalue weighted by Gasteiger charge is -2.47. The van der Waals surface area contributed by atoms with Gasteiger partial charge in [-0.2, -0.15) is 0 Å². The van der Waals surface area contributed by atoms with E-state index in [0.717, 1.165) is 68.0 Å². The van der Waals surface area contributed by atoms with Crippen LogP contribution < -0.4 is 0 Å². The summed E-state index contributed by atoms with van der Waals surface area (Å²) >= 11 is 0. The Morgan fingerprint density at radius 1 is 1.10 bits per heavy atom. The molecule has 1 N–H and O–H groups in total. The van der Waals surface area contributed by atoms with Crippen molar-refractivity contribution in [3.05, 3.63) is 66.1 Å². The lowest BCUT2D eigenvalue weighted by molar-refractivity contribution is 0.0286. The van der Waals surface area contributed by atoms with Gasteiger partial charge in [-0.05, 0) is 68.0 Å². The number of imidazole rings is 1. The topological polar surface area (TPSA) is 65.1 Å². The molecule has 1 spiro atoms. The second-order valence-electron chi connectivity index (χ2n) is 9.04. The molecule has 0 saturated carbocycles. The minimum Gasteiger partial charge on any atom is -0.341 e. The van der Waals surface area contributed by atoms with E-state index in [-0.39, 0.29) is 5.91 Å². The van der Waals surface area contributed by atoms with Crippen molar-refractivity contribution in [3.8, 4) is 0 Å². The number of aromatic amines is 1. The van der Waals surface area contributed by atoms with Crippen LogP contribution in [0.4, 0.5) is 0 Å². The Morgan fingerprint density at radius 2 is 1.87 bits per heavy atom. The number of piperidine rings is 2. The summed E-state index contributed by atoms with van der Waals surface area (Å²) < 4.78 is 0. The van der Waals surface area contributed by atoms with Crippen molar-refractivity contribution in [1.82, 2.24) is 24.8 Å². The highest BCUT2D eigenvalue weighted by molar-refractivity contribution is 6.05. The zero-order chi connectivity index (χ0) is 21.3. The Balaban J connectivity index is 1.20. The van der Waals surface area contributed by atoms with Crippen LogP contribution in [-0.2, 0) is 6.54 Å². The third kappa shape index (κ3) is 4.09. The van der Waals surface area contributed by atoms with Gasteiger partial charge in [0.25, 0.3) is 5.91 Å². The van der Waals surface area contributed by atoms with Crippen LogP contribution in [0.1, 0.15) is 54.4 Å². The number of hydrogen-bond acceptors (Lipinski definition) is 4. The van der Waals surface area contributed by atoms with E-state index >= 15 is 0 Å². The molecular formula is C25H30N5O. The molecule has 6 nitrogen and oxygen atoms in total.